The molecule has 31 heavy (non-hydrogen) atoms. The van der Waals surface area contributed by atoms with Crippen molar-refractivity contribution in [3.63, 3.8) is 0 Å². The lowest BCUT2D eigenvalue weighted by Gasteiger charge is -2.34. The quantitative estimate of drug-likeness (QED) is 0.382. The van der Waals surface area contributed by atoms with E-state index in [4.69, 9.17) is 5.11 Å². The second kappa shape index (κ2) is 9.73. The highest BCUT2D eigenvalue weighted by molar-refractivity contribution is 5.95. The molecule has 0 aliphatic carbocycles. The van der Waals surface area contributed by atoms with Gasteiger partial charge in [0, 0.05) is 50.4 Å². The van der Waals surface area contributed by atoms with Gasteiger partial charge in [0.05, 0.1) is 16.5 Å². The molecule has 3 rings (SSSR count). The number of non-ortho nitro benzene ring substituents is 1. The zero-order valence-electron chi connectivity index (χ0n) is 16.3. The fourth-order valence-corrected chi connectivity index (χ4v) is 3.13. The van der Waals surface area contributed by atoms with Crippen molar-refractivity contribution >= 4 is 28.9 Å². The number of hydrazine groups is 1. The van der Waals surface area contributed by atoms with E-state index in [1.807, 2.05) is 4.90 Å². The summed E-state index contributed by atoms with van der Waals surface area (Å²) in [5.41, 5.74) is 4.02. The maximum atomic E-state index is 12.3. The van der Waals surface area contributed by atoms with Crippen LogP contribution in [0, 0.1) is 20.2 Å². The van der Waals surface area contributed by atoms with Gasteiger partial charge in [-0.15, -0.1) is 0 Å². The normalized spacial score (nSPS) is 14.2. The number of carbonyl (C=O) groups excluding carboxylic acids is 1. The van der Waals surface area contributed by atoms with Crippen molar-refractivity contribution in [2.45, 2.75) is 0 Å². The Labute approximate surface area is 175 Å². The van der Waals surface area contributed by atoms with E-state index in [0.29, 0.717) is 32.7 Å². The minimum absolute atomic E-state index is 0.00126. The summed E-state index contributed by atoms with van der Waals surface area (Å²) in [5.74, 6) is -0.835. The van der Waals surface area contributed by atoms with Crippen LogP contribution in [0.15, 0.2) is 30.6 Å². The Kier molecular flexibility index (Phi) is 6.84. The van der Waals surface area contributed by atoms with E-state index in [0.717, 1.165) is 12.4 Å². The third-order valence-electron chi connectivity index (χ3n) is 4.69. The number of piperazine rings is 1. The number of carbonyl (C=O) groups is 1. The van der Waals surface area contributed by atoms with Crippen LogP contribution in [0.1, 0.15) is 10.4 Å². The fraction of sp³-hybridized carbons (Fsp3) is 0.353. The fourth-order valence-electron chi connectivity index (χ4n) is 3.13. The first-order chi connectivity index (χ1) is 14.9. The van der Waals surface area contributed by atoms with Crippen molar-refractivity contribution in [1.29, 1.82) is 0 Å². The van der Waals surface area contributed by atoms with Gasteiger partial charge in [0.15, 0.2) is 0 Å². The van der Waals surface area contributed by atoms with Crippen LogP contribution in [-0.4, -0.2) is 75.1 Å². The molecule has 3 N–H and O–H groups in total. The number of anilines is 2. The largest absolute Gasteiger partial charge is 0.395 e. The van der Waals surface area contributed by atoms with E-state index in [2.05, 4.69) is 20.8 Å². The molecule has 2 aromatic rings. The molecule has 0 radical (unpaired) electrons. The highest BCUT2D eigenvalue weighted by Gasteiger charge is 2.29. The number of nitro benzene ring substituents is 1. The van der Waals surface area contributed by atoms with Gasteiger partial charge in [-0.1, -0.05) is 6.07 Å². The van der Waals surface area contributed by atoms with Crippen LogP contribution in [0.25, 0.3) is 0 Å². The number of hydrogen-bond acceptors (Lipinski definition) is 11. The summed E-state index contributed by atoms with van der Waals surface area (Å²) in [4.78, 5) is 45.3. The minimum Gasteiger partial charge on any atom is -0.395 e. The molecule has 0 spiro atoms. The molecule has 0 atom stereocenters. The number of nitro groups is 2. The number of hydrogen-bond donors (Lipinski definition) is 3. The molecule has 1 aromatic heterocycles. The predicted octanol–water partition coefficient (Wildman–Crippen LogP) is 0.164. The zero-order chi connectivity index (χ0) is 22.4. The van der Waals surface area contributed by atoms with Gasteiger partial charge >= 0.3 is 5.69 Å². The maximum absolute atomic E-state index is 12.3. The van der Waals surface area contributed by atoms with E-state index in [-0.39, 0.29) is 29.5 Å². The van der Waals surface area contributed by atoms with E-state index < -0.39 is 21.4 Å². The highest BCUT2D eigenvalue weighted by Crippen LogP contribution is 2.31. The summed E-state index contributed by atoms with van der Waals surface area (Å²) in [5, 5.41) is 31.6. The monoisotopic (exact) mass is 432 g/mol. The molecule has 1 amide bonds. The summed E-state index contributed by atoms with van der Waals surface area (Å²) >= 11 is 0. The average Bonchev–Trinajstić information content (AvgIpc) is 2.77. The summed E-state index contributed by atoms with van der Waals surface area (Å²) in [7, 11) is 0. The Balaban J connectivity index is 1.75. The molecule has 2 heterocycles. The first kappa shape index (κ1) is 21.8. The molecule has 14 heteroatoms. The van der Waals surface area contributed by atoms with Crippen molar-refractivity contribution in [3.05, 3.63) is 56.4 Å². The Hall–Kier alpha value is -3.91. The van der Waals surface area contributed by atoms with Gasteiger partial charge in [0.1, 0.15) is 6.33 Å². The van der Waals surface area contributed by atoms with Gasteiger partial charge in [-0.05, 0) is 6.07 Å². The van der Waals surface area contributed by atoms with Gasteiger partial charge in [-0.3, -0.25) is 40.8 Å². The van der Waals surface area contributed by atoms with E-state index in [9.17, 15) is 25.0 Å². The van der Waals surface area contributed by atoms with Crippen molar-refractivity contribution < 1.29 is 19.7 Å². The van der Waals surface area contributed by atoms with Crippen molar-refractivity contribution in [2.24, 2.45) is 0 Å². The molecule has 1 saturated heterocycles. The van der Waals surface area contributed by atoms with E-state index >= 15 is 0 Å². The van der Waals surface area contributed by atoms with Gasteiger partial charge in [0.2, 0.25) is 11.6 Å². The first-order valence-electron chi connectivity index (χ1n) is 9.29. The van der Waals surface area contributed by atoms with Crippen LogP contribution < -0.4 is 15.8 Å². The van der Waals surface area contributed by atoms with Crippen LogP contribution in [0.5, 0.6) is 0 Å². The molecular weight excluding hydrogens is 412 g/mol. The second-order valence-corrected chi connectivity index (χ2v) is 6.59. The number of aliphatic hydroxyl groups excluding tert-OH is 1. The number of aliphatic hydroxyl groups is 1. The number of rotatable bonds is 8. The number of aromatic nitrogens is 2. The van der Waals surface area contributed by atoms with Crippen LogP contribution in [0.3, 0.4) is 0 Å². The smallest absolute Gasteiger partial charge is 0.355 e. The van der Waals surface area contributed by atoms with E-state index in [1.54, 1.807) is 4.90 Å². The molecule has 1 aliphatic rings. The van der Waals surface area contributed by atoms with Crippen LogP contribution in [-0.2, 0) is 0 Å². The Morgan fingerprint density at radius 1 is 1.13 bits per heavy atom. The lowest BCUT2D eigenvalue weighted by Crippen LogP contribution is -2.47. The number of amides is 1. The SMILES string of the molecule is O=C(NNc1ncnc(N2CCN(CCO)CC2)c1[N+](=O)[O-])c1cccc([N+](=O)[O-])c1. The van der Waals surface area contributed by atoms with Gasteiger partial charge in [0.25, 0.3) is 11.6 Å². The van der Waals surface area contributed by atoms with Crippen molar-refractivity contribution in [3.8, 4) is 0 Å². The standard InChI is InChI=1S/C17H20N8O6/c26-9-8-22-4-6-23(7-5-22)16-14(25(30)31)15(18-11-19-16)20-21-17(27)12-2-1-3-13(10-12)24(28)29/h1-3,10-11,26H,4-9H2,(H,21,27)(H,18,19,20). The Morgan fingerprint density at radius 3 is 2.52 bits per heavy atom. The summed E-state index contributed by atoms with van der Waals surface area (Å²) < 4.78 is 0. The predicted molar refractivity (Wildman–Crippen MR) is 109 cm³/mol. The third kappa shape index (κ3) is 5.18. The lowest BCUT2D eigenvalue weighted by atomic mass is 10.2. The number of benzene rings is 1. The van der Waals surface area contributed by atoms with Crippen LogP contribution in [0.2, 0.25) is 0 Å². The minimum atomic E-state index is -0.726. The second-order valence-electron chi connectivity index (χ2n) is 6.59. The van der Waals surface area contributed by atoms with Crippen molar-refractivity contribution in [1.82, 2.24) is 20.3 Å². The molecule has 0 saturated carbocycles. The topological polar surface area (TPSA) is 180 Å². The summed E-state index contributed by atoms with van der Waals surface area (Å²) in [6.45, 7) is 2.71. The molecule has 0 bridgehead atoms. The van der Waals surface area contributed by atoms with Gasteiger partial charge < -0.3 is 10.0 Å². The Morgan fingerprint density at radius 2 is 1.87 bits per heavy atom. The lowest BCUT2D eigenvalue weighted by molar-refractivity contribution is -0.384. The molecule has 0 unspecified atom stereocenters. The van der Waals surface area contributed by atoms with Crippen LogP contribution >= 0.6 is 0 Å². The average molecular weight is 432 g/mol. The van der Waals surface area contributed by atoms with E-state index in [1.165, 1.54) is 18.2 Å². The maximum Gasteiger partial charge on any atom is 0.355 e. The summed E-state index contributed by atoms with van der Waals surface area (Å²) in [6.07, 6.45) is 1.14. The summed E-state index contributed by atoms with van der Waals surface area (Å²) in [6, 6.07) is 5.05. The zero-order valence-corrected chi connectivity index (χ0v) is 16.3. The molecule has 14 nitrogen and oxygen atoms in total. The number of nitrogens with one attached hydrogen (secondary N) is 2. The molecule has 1 aromatic carbocycles. The van der Waals surface area contributed by atoms with Crippen molar-refractivity contribution in [2.75, 3.05) is 49.7 Å². The Bertz CT molecular complexity index is 979. The number of nitrogens with zero attached hydrogens (tertiary/aromatic N) is 6. The van der Waals surface area contributed by atoms with Gasteiger partial charge in [-0.25, -0.2) is 9.97 Å². The van der Waals surface area contributed by atoms with Gasteiger partial charge in [-0.2, -0.15) is 0 Å². The molecule has 1 aliphatic heterocycles. The molecular formula is C17H20N8O6. The first-order valence-corrected chi connectivity index (χ1v) is 9.29. The third-order valence-corrected chi connectivity index (χ3v) is 4.69. The van der Waals surface area contributed by atoms with Crippen LogP contribution in [0.4, 0.5) is 23.0 Å². The highest BCUT2D eigenvalue weighted by atomic mass is 16.6. The molecule has 1 fully saturated rings. The number of β-amino-alcohol motifs (C(OH)–C–C–N with tert-alkyl or cyclic N) is 1. The molecule has 164 valence electrons.